The fraction of sp³-hybridized carbons (Fsp3) is 0.333. The van der Waals surface area contributed by atoms with Crippen LogP contribution in [-0.2, 0) is 0 Å². The molecule has 0 radical (unpaired) electrons. The first-order chi connectivity index (χ1) is 48.8. The van der Waals surface area contributed by atoms with Gasteiger partial charge in [0.2, 0.25) is 0 Å². The first-order valence-electron chi connectivity index (χ1n) is 32.5. The van der Waals surface area contributed by atoms with E-state index in [1.165, 1.54) is 46.1 Å². The molecular weight excluding hydrogens is 1370 g/mol. The first-order valence-corrected chi connectivity index (χ1v) is 35.0. The van der Waals surface area contributed by atoms with Crippen molar-refractivity contribution in [3.05, 3.63) is 160 Å². The summed E-state index contributed by atoms with van der Waals surface area (Å²) < 4.78 is 5.14. The number of aryl methyl sites for hydroxylation is 6. The van der Waals surface area contributed by atoms with Gasteiger partial charge in [0.1, 0.15) is 23.3 Å². The molecule has 534 valence electrons. The van der Waals surface area contributed by atoms with Gasteiger partial charge < -0.3 is 35.8 Å². The SMILES string of the molecule is CN1CCN(NC(=O)Oc2ccccc2)CC1.Cc1nc(C)c(-c2[nH]nc3c2C(=O)c2c(NC(=O)NN4CCN(C)CC4)cccc2-3)s1.Cc1nc(C)c(C(=O)C2C(=O)c3cccc(N)c3C2=O)s1.Cc1nc(C)c(C(=O)C2C(=O)c3cccc(NC(=O)NN4CCN(C)CC4)c3C2=O)s1.NN. The van der Waals surface area contributed by atoms with Crippen molar-refractivity contribution >= 4 is 110 Å². The van der Waals surface area contributed by atoms with Gasteiger partial charge in [0.15, 0.2) is 40.5 Å². The Morgan fingerprint density at radius 3 is 1.35 bits per heavy atom. The number of aromatic amines is 1. The number of carbonyl (C=O) groups is 10. The lowest BCUT2D eigenvalue weighted by Crippen LogP contribution is -2.53. The van der Waals surface area contributed by atoms with Gasteiger partial charge >= 0.3 is 18.2 Å². The number of para-hydroxylation sites is 1. The summed E-state index contributed by atoms with van der Waals surface area (Å²) in [5.41, 5.74) is 20.7. The Bertz CT molecular complexity index is 4550. The van der Waals surface area contributed by atoms with Crippen LogP contribution >= 0.6 is 34.0 Å². The van der Waals surface area contributed by atoms with E-state index < -0.39 is 58.7 Å². The van der Waals surface area contributed by atoms with E-state index in [1.807, 2.05) is 61.2 Å². The average Bonchev–Trinajstić information content (AvgIpc) is 1.64. The van der Waals surface area contributed by atoms with Crippen molar-refractivity contribution < 1.29 is 52.7 Å². The van der Waals surface area contributed by atoms with E-state index in [9.17, 15) is 47.9 Å². The Morgan fingerprint density at radius 1 is 0.480 bits per heavy atom. The standard InChI is InChI=1S/C21H23N7O2S.C21H23N5O4S.C15H12N2O3S.C12H17N3O2.H4N2/c1-11-20(31-12(2)22-11)18-16-17(24-25-18)13-5-4-6-14(15(13)19(16)29)23-21(30)26-28-9-7-27(3)8-10-28;1-11-20(31-12(2)22-11)19(29)16-17(27)13-5-4-6-14(15(13)18(16)28)23-21(30)24-26-9-7-25(3)8-10-26;1-6-15(21-7(2)17-6)14(20)11-12(18)8-4-3-5-9(16)10(8)13(11)19;1-14-7-9-15(10-8-14)13-12(16)17-11-5-3-2-4-6-11;1-2/h4-6H,7-10H2,1-3H3,(H,24,25)(H2,23,26,30);4-6,16H,7-10H2,1-3H3,(H2,23,24,30);3-5,11H,16H2,1-2H3;2-6H,7-10H2,1H3,(H,13,16);1-2H2. The van der Waals surface area contributed by atoms with Gasteiger partial charge in [-0.3, -0.25) is 66.6 Å². The quantitative estimate of drug-likeness (QED) is 0.0218. The maximum Gasteiger partial charge on any atom is 0.427 e. The molecule has 3 saturated heterocycles. The Kier molecular flexibility index (Phi) is 24.0. The molecular formula is C69H79N19O11S3. The molecule has 33 heteroatoms. The predicted octanol–water partition coefficient (Wildman–Crippen LogP) is 6.54. The van der Waals surface area contributed by atoms with Gasteiger partial charge in [0.05, 0.1) is 86.1 Å². The van der Waals surface area contributed by atoms with Crippen molar-refractivity contribution in [3.63, 3.8) is 0 Å². The van der Waals surface area contributed by atoms with E-state index in [0.717, 1.165) is 91.6 Å². The number of piperazine rings is 3. The highest BCUT2D eigenvalue weighted by Crippen LogP contribution is 2.45. The number of hydrogen-bond acceptors (Lipinski definition) is 27. The van der Waals surface area contributed by atoms with Crippen LogP contribution in [0.4, 0.5) is 31.4 Å². The number of rotatable bonds is 11. The molecule has 0 spiro atoms. The van der Waals surface area contributed by atoms with Crippen molar-refractivity contribution in [1.82, 2.24) is 71.2 Å². The molecule has 14 rings (SSSR count). The van der Waals surface area contributed by atoms with Crippen molar-refractivity contribution in [2.75, 3.05) is 116 Å². The maximum absolute atomic E-state index is 13.4. The number of anilines is 3. The zero-order chi connectivity index (χ0) is 73.4. The maximum atomic E-state index is 13.4. The molecule has 3 aliphatic carbocycles. The lowest BCUT2D eigenvalue weighted by molar-refractivity contribution is 0.0734. The summed E-state index contributed by atoms with van der Waals surface area (Å²) in [5, 5.41) is 20.9. The van der Waals surface area contributed by atoms with Gasteiger partial charge in [-0.25, -0.2) is 44.4 Å². The third-order valence-corrected chi connectivity index (χ3v) is 20.7. The Labute approximate surface area is 599 Å². The molecule has 4 aromatic heterocycles. The van der Waals surface area contributed by atoms with Gasteiger partial charge in [-0.05, 0) is 93.0 Å². The van der Waals surface area contributed by atoms with Crippen LogP contribution in [0.25, 0.3) is 21.8 Å². The third-order valence-electron chi connectivity index (χ3n) is 17.4. The molecule has 102 heavy (non-hydrogen) atoms. The van der Waals surface area contributed by atoms with Crippen LogP contribution in [0.3, 0.4) is 0 Å². The summed E-state index contributed by atoms with van der Waals surface area (Å²) >= 11 is 3.90. The summed E-state index contributed by atoms with van der Waals surface area (Å²) in [6, 6.07) is 23.0. The van der Waals surface area contributed by atoms with Crippen LogP contribution in [-0.4, -0.2) is 213 Å². The second-order valence-corrected chi connectivity index (χ2v) is 28.3. The number of hydrazine groups is 4. The average molecular weight is 1450 g/mol. The van der Waals surface area contributed by atoms with Gasteiger partial charge in [-0.1, -0.05) is 54.6 Å². The molecule has 30 nitrogen and oxygen atoms in total. The normalized spacial score (nSPS) is 17.4. The number of benzene rings is 4. The number of likely N-dealkylation sites (N-methyl/N-ethyl adjacent to an activating group) is 3. The van der Waals surface area contributed by atoms with Crippen LogP contribution in [0.1, 0.15) is 109 Å². The van der Waals surface area contributed by atoms with Crippen LogP contribution in [0.2, 0.25) is 0 Å². The summed E-state index contributed by atoms with van der Waals surface area (Å²) in [4.78, 5) is 148. The van der Waals surface area contributed by atoms with Crippen molar-refractivity contribution in [2.45, 2.75) is 41.5 Å². The summed E-state index contributed by atoms with van der Waals surface area (Å²) in [6.45, 7) is 20.6. The number of urea groups is 2. The minimum absolute atomic E-state index is 0.0817. The van der Waals surface area contributed by atoms with E-state index in [-0.39, 0.29) is 45.4 Å². The molecule has 4 aromatic carbocycles. The topological polar surface area (TPSA) is 405 Å². The summed E-state index contributed by atoms with van der Waals surface area (Å²) in [5.74, 6) is 2.52. The number of amides is 5. The number of ketones is 7. The lowest BCUT2D eigenvalue weighted by atomic mass is 9.97. The highest BCUT2D eigenvalue weighted by Gasteiger charge is 2.47. The molecule has 2 atom stereocenters. The van der Waals surface area contributed by atoms with Crippen molar-refractivity contribution in [3.8, 4) is 27.6 Å². The molecule has 8 aromatic rings. The minimum atomic E-state index is -1.43. The number of H-pyrrole nitrogens is 1. The van der Waals surface area contributed by atoms with Gasteiger partial charge in [-0.2, -0.15) is 5.10 Å². The Morgan fingerprint density at radius 2 is 0.902 bits per heavy atom. The summed E-state index contributed by atoms with van der Waals surface area (Å²) in [7, 11) is 6.14. The van der Waals surface area contributed by atoms with E-state index in [4.69, 9.17) is 10.5 Å². The zero-order valence-corrected chi connectivity index (χ0v) is 60.1. The second kappa shape index (κ2) is 32.7. The highest BCUT2D eigenvalue weighted by molar-refractivity contribution is 7.15. The molecule has 0 saturated carbocycles. The molecule has 5 amide bonds. The van der Waals surface area contributed by atoms with Gasteiger partial charge in [0.25, 0.3) is 0 Å². The van der Waals surface area contributed by atoms with Crippen LogP contribution in [0.5, 0.6) is 5.75 Å². The molecule has 7 heterocycles. The number of hydrogen-bond donors (Lipinski definition) is 9. The molecule has 3 aliphatic heterocycles. The highest BCUT2D eigenvalue weighted by atomic mass is 32.1. The van der Waals surface area contributed by atoms with Crippen LogP contribution in [0.15, 0.2) is 84.9 Å². The number of fused-ring (bicyclic) bond motifs is 5. The van der Waals surface area contributed by atoms with E-state index >= 15 is 0 Å². The number of nitrogens with one attached hydrogen (secondary N) is 6. The fourth-order valence-electron chi connectivity index (χ4n) is 12.3. The molecule has 0 bridgehead atoms. The van der Waals surface area contributed by atoms with Crippen LogP contribution in [0, 0.1) is 53.4 Å². The Balaban J connectivity index is 0.000000149. The third kappa shape index (κ3) is 16.6. The lowest BCUT2D eigenvalue weighted by Gasteiger charge is -2.32. The smallest absolute Gasteiger partial charge is 0.409 e. The number of aromatic nitrogens is 5. The monoisotopic (exact) mass is 1450 g/mol. The molecule has 6 aliphatic rings. The van der Waals surface area contributed by atoms with Crippen LogP contribution < -0.4 is 49.1 Å². The minimum Gasteiger partial charge on any atom is -0.409 e. The number of Topliss-reactive ketones (excluding diaryl/α,β-unsaturated/α-hetero) is 6. The number of nitrogen functional groups attached to an aromatic ring is 1. The van der Waals surface area contributed by atoms with Gasteiger partial charge in [0, 0.05) is 101 Å². The number of ether oxygens (including phenoxy) is 1. The van der Waals surface area contributed by atoms with Gasteiger partial charge in [-0.15, -0.1) is 34.0 Å². The molecule has 2 unspecified atom stereocenters. The van der Waals surface area contributed by atoms with E-state index in [0.29, 0.717) is 73.2 Å². The molecule has 3 fully saturated rings. The number of nitrogens with zero attached hydrogens (tertiary/aromatic N) is 10. The van der Waals surface area contributed by atoms with Crippen molar-refractivity contribution in [2.24, 2.45) is 23.5 Å². The number of thiazole rings is 3. The first kappa shape index (κ1) is 74.6. The predicted molar refractivity (Wildman–Crippen MR) is 387 cm³/mol. The number of nitrogens with two attached hydrogens (primary N) is 3. The zero-order valence-electron chi connectivity index (χ0n) is 57.6. The summed E-state index contributed by atoms with van der Waals surface area (Å²) in [6.07, 6.45) is -0.430. The van der Waals surface area contributed by atoms with E-state index in [1.54, 1.807) is 75.2 Å². The number of carbonyl (C=O) groups excluding carboxylic acids is 10. The second-order valence-electron chi connectivity index (χ2n) is 24.7. The molecule has 12 N–H and O–H groups in total. The van der Waals surface area contributed by atoms with E-state index in [2.05, 4.69) is 92.5 Å². The fourth-order valence-corrected chi connectivity index (χ4v) is 15.0. The largest absolute Gasteiger partial charge is 0.427 e. The Hall–Kier alpha value is -10.0. The van der Waals surface area contributed by atoms with Crippen molar-refractivity contribution in [1.29, 1.82) is 0 Å².